The van der Waals surface area contributed by atoms with Crippen molar-refractivity contribution in [2.45, 2.75) is 19.8 Å². The maximum absolute atomic E-state index is 10.9. The van der Waals surface area contributed by atoms with Crippen LogP contribution in [0.2, 0.25) is 0 Å². The molecule has 6 heteroatoms. The highest BCUT2D eigenvalue weighted by Gasteiger charge is 2.14. The summed E-state index contributed by atoms with van der Waals surface area (Å²) < 4.78 is 0.731. The third-order valence-corrected chi connectivity index (χ3v) is 4.06. The number of benzene rings is 1. The molecule has 0 aromatic heterocycles. The molecule has 1 aromatic carbocycles. The Kier molecular flexibility index (Phi) is 5.14. The smallest absolute Gasteiger partial charge is 0.273 e. The van der Waals surface area contributed by atoms with E-state index in [4.69, 9.17) is 0 Å². The summed E-state index contributed by atoms with van der Waals surface area (Å²) in [7, 11) is 0. The van der Waals surface area contributed by atoms with Gasteiger partial charge in [-0.25, -0.2) is 0 Å². The Bertz CT molecular complexity index is 543. The van der Waals surface area contributed by atoms with Crippen molar-refractivity contribution in [3.8, 4) is 0 Å². The lowest BCUT2D eigenvalue weighted by atomic mass is 10.1. The van der Waals surface area contributed by atoms with Gasteiger partial charge in [0.1, 0.15) is 0 Å². The Morgan fingerprint density at radius 3 is 2.95 bits per heavy atom. The van der Waals surface area contributed by atoms with E-state index in [0.29, 0.717) is 5.56 Å². The minimum absolute atomic E-state index is 0.142. The van der Waals surface area contributed by atoms with Gasteiger partial charge in [-0.1, -0.05) is 11.6 Å². The normalized spacial score (nSPS) is 14.8. The fourth-order valence-corrected chi connectivity index (χ4v) is 2.73. The third kappa shape index (κ3) is 3.80. The van der Waals surface area contributed by atoms with Gasteiger partial charge in [-0.3, -0.25) is 10.1 Å². The van der Waals surface area contributed by atoms with Crippen molar-refractivity contribution in [3.63, 3.8) is 0 Å². The SMILES string of the molecule is Cc1cc(NCCC2=CCNCC2)c(Br)cc1[N+](=O)[O-]. The topological polar surface area (TPSA) is 67.2 Å². The van der Waals surface area contributed by atoms with Crippen LogP contribution in [0.25, 0.3) is 0 Å². The zero-order chi connectivity index (χ0) is 14.5. The molecule has 1 heterocycles. The highest BCUT2D eigenvalue weighted by molar-refractivity contribution is 9.10. The van der Waals surface area contributed by atoms with Crippen LogP contribution >= 0.6 is 15.9 Å². The van der Waals surface area contributed by atoms with Crippen molar-refractivity contribution in [2.24, 2.45) is 0 Å². The molecule has 108 valence electrons. The minimum Gasteiger partial charge on any atom is -0.384 e. The highest BCUT2D eigenvalue weighted by Crippen LogP contribution is 2.30. The lowest BCUT2D eigenvalue weighted by Crippen LogP contribution is -2.21. The number of nitro benzene ring substituents is 1. The van der Waals surface area contributed by atoms with E-state index < -0.39 is 0 Å². The predicted octanol–water partition coefficient (Wildman–Crippen LogP) is 3.39. The number of hydrogen-bond acceptors (Lipinski definition) is 4. The molecular formula is C14H18BrN3O2. The fourth-order valence-electron chi connectivity index (χ4n) is 2.26. The summed E-state index contributed by atoms with van der Waals surface area (Å²) in [5, 5.41) is 17.5. The molecule has 0 saturated carbocycles. The van der Waals surface area contributed by atoms with Gasteiger partial charge in [-0.2, -0.15) is 0 Å². The second-order valence-electron chi connectivity index (χ2n) is 4.87. The largest absolute Gasteiger partial charge is 0.384 e. The van der Waals surface area contributed by atoms with Gasteiger partial charge in [0.15, 0.2) is 0 Å². The summed E-state index contributed by atoms with van der Waals surface area (Å²) in [4.78, 5) is 10.5. The second kappa shape index (κ2) is 6.85. The zero-order valence-electron chi connectivity index (χ0n) is 11.4. The quantitative estimate of drug-likeness (QED) is 0.490. The molecule has 0 aliphatic carbocycles. The van der Waals surface area contributed by atoms with E-state index in [1.807, 2.05) is 6.07 Å². The lowest BCUT2D eigenvalue weighted by Gasteiger charge is -2.15. The molecule has 20 heavy (non-hydrogen) atoms. The zero-order valence-corrected chi connectivity index (χ0v) is 13.0. The molecule has 2 rings (SSSR count). The molecular weight excluding hydrogens is 322 g/mol. The summed E-state index contributed by atoms with van der Waals surface area (Å²) in [6.07, 6.45) is 4.34. The van der Waals surface area contributed by atoms with Gasteiger partial charge in [-0.05, 0) is 48.3 Å². The van der Waals surface area contributed by atoms with Crippen LogP contribution in [0.1, 0.15) is 18.4 Å². The van der Waals surface area contributed by atoms with E-state index in [2.05, 4.69) is 32.6 Å². The summed E-state index contributed by atoms with van der Waals surface area (Å²) in [5.74, 6) is 0. The van der Waals surface area contributed by atoms with Crippen LogP contribution in [0.3, 0.4) is 0 Å². The number of halogens is 1. The van der Waals surface area contributed by atoms with Gasteiger partial charge in [0, 0.05) is 34.9 Å². The van der Waals surface area contributed by atoms with Gasteiger partial charge in [0.05, 0.1) is 4.92 Å². The Morgan fingerprint density at radius 1 is 1.50 bits per heavy atom. The number of nitrogens with one attached hydrogen (secondary N) is 2. The van der Waals surface area contributed by atoms with Crippen LogP contribution in [0, 0.1) is 17.0 Å². The maximum atomic E-state index is 10.9. The van der Waals surface area contributed by atoms with Crippen molar-refractivity contribution in [1.29, 1.82) is 0 Å². The van der Waals surface area contributed by atoms with Crippen molar-refractivity contribution < 1.29 is 4.92 Å². The van der Waals surface area contributed by atoms with E-state index in [-0.39, 0.29) is 10.6 Å². The van der Waals surface area contributed by atoms with Gasteiger partial charge in [0.25, 0.3) is 5.69 Å². The van der Waals surface area contributed by atoms with E-state index in [0.717, 1.165) is 42.6 Å². The molecule has 0 atom stereocenters. The Labute approximate surface area is 126 Å². The Hall–Kier alpha value is -1.40. The van der Waals surface area contributed by atoms with Crippen LogP contribution < -0.4 is 10.6 Å². The Morgan fingerprint density at radius 2 is 2.30 bits per heavy atom. The first kappa shape index (κ1) is 15.0. The molecule has 0 radical (unpaired) electrons. The lowest BCUT2D eigenvalue weighted by molar-refractivity contribution is -0.385. The molecule has 0 bridgehead atoms. The first-order chi connectivity index (χ1) is 9.58. The van der Waals surface area contributed by atoms with Crippen LogP contribution in [0.5, 0.6) is 0 Å². The molecule has 0 fully saturated rings. The summed E-state index contributed by atoms with van der Waals surface area (Å²) in [5.41, 5.74) is 3.18. The monoisotopic (exact) mass is 339 g/mol. The van der Waals surface area contributed by atoms with Crippen LogP contribution in [-0.4, -0.2) is 24.6 Å². The van der Waals surface area contributed by atoms with Gasteiger partial charge >= 0.3 is 0 Å². The number of nitrogens with zero attached hydrogens (tertiary/aromatic N) is 1. The maximum Gasteiger partial charge on any atom is 0.273 e. The van der Waals surface area contributed by atoms with Gasteiger partial charge < -0.3 is 10.6 Å². The number of rotatable bonds is 5. The van der Waals surface area contributed by atoms with Gasteiger partial charge in [0.2, 0.25) is 0 Å². The average Bonchev–Trinajstić information content (AvgIpc) is 2.43. The van der Waals surface area contributed by atoms with Crippen LogP contribution in [-0.2, 0) is 0 Å². The molecule has 0 amide bonds. The van der Waals surface area contributed by atoms with Gasteiger partial charge in [-0.15, -0.1) is 0 Å². The minimum atomic E-state index is -0.357. The summed E-state index contributed by atoms with van der Waals surface area (Å²) >= 11 is 3.38. The number of nitro groups is 1. The van der Waals surface area contributed by atoms with E-state index in [9.17, 15) is 10.1 Å². The first-order valence-electron chi connectivity index (χ1n) is 6.65. The third-order valence-electron chi connectivity index (χ3n) is 3.40. The molecule has 0 saturated heterocycles. The first-order valence-corrected chi connectivity index (χ1v) is 7.44. The second-order valence-corrected chi connectivity index (χ2v) is 5.72. The molecule has 1 aliphatic rings. The van der Waals surface area contributed by atoms with Crippen molar-refractivity contribution in [1.82, 2.24) is 5.32 Å². The fraction of sp³-hybridized carbons (Fsp3) is 0.429. The number of anilines is 1. The predicted molar refractivity (Wildman–Crippen MR) is 84.2 cm³/mol. The van der Waals surface area contributed by atoms with Crippen molar-refractivity contribution >= 4 is 27.3 Å². The van der Waals surface area contributed by atoms with E-state index in [1.165, 1.54) is 5.57 Å². The molecule has 0 spiro atoms. The van der Waals surface area contributed by atoms with E-state index in [1.54, 1.807) is 13.0 Å². The molecule has 1 aliphatic heterocycles. The summed E-state index contributed by atoms with van der Waals surface area (Å²) in [6, 6.07) is 3.38. The average molecular weight is 340 g/mol. The molecule has 5 nitrogen and oxygen atoms in total. The van der Waals surface area contributed by atoms with Crippen LogP contribution in [0.15, 0.2) is 28.3 Å². The molecule has 0 unspecified atom stereocenters. The molecule has 1 aromatic rings. The van der Waals surface area contributed by atoms with E-state index >= 15 is 0 Å². The Balaban J connectivity index is 1.97. The molecule has 2 N–H and O–H groups in total. The highest BCUT2D eigenvalue weighted by atomic mass is 79.9. The number of aryl methyl sites for hydroxylation is 1. The standard InChI is InChI=1S/C14H18BrN3O2/c1-10-8-13(12(15)9-14(10)18(19)20)17-7-4-11-2-5-16-6-3-11/h2,8-9,16-17H,3-7H2,1H3. The summed E-state index contributed by atoms with van der Waals surface area (Å²) in [6.45, 7) is 4.59. The number of hydrogen-bond donors (Lipinski definition) is 2. The van der Waals surface area contributed by atoms with Crippen molar-refractivity contribution in [2.75, 3.05) is 25.0 Å². The van der Waals surface area contributed by atoms with Crippen LogP contribution in [0.4, 0.5) is 11.4 Å². The van der Waals surface area contributed by atoms with Crippen molar-refractivity contribution in [3.05, 3.63) is 43.9 Å².